The van der Waals surface area contributed by atoms with E-state index in [4.69, 9.17) is 4.74 Å². The Morgan fingerprint density at radius 2 is 1.83 bits per heavy atom. The second-order valence-corrected chi connectivity index (χ2v) is 5.74. The number of rotatable bonds is 5. The normalized spacial score (nSPS) is 17.3. The molecule has 0 atom stereocenters. The maximum Gasteiger partial charge on any atom is 0.407 e. The van der Waals surface area contributed by atoms with Gasteiger partial charge in [0.25, 0.3) is 0 Å². The molecule has 1 aliphatic rings. The van der Waals surface area contributed by atoms with Crippen LogP contribution in [0.5, 0.6) is 0 Å². The number of carbonyl (C=O) groups excluding carboxylic acids is 1. The third-order valence-corrected chi connectivity index (χ3v) is 2.81. The summed E-state index contributed by atoms with van der Waals surface area (Å²) in [4.78, 5) is 11.3. The molecule has 0 aromatic rings. The number of nitrogens with one attached hydrogen (secondary N) is 2. The van der Waals surface area contributed by atoms with E-state index in [-0.39, 0.29) is 6.09 Å². The molecule has 1 rings (SSSR count). The van der Waals surface area contributed by atoms with E-state index in [9.17, 15) is 4.79 Å². The van der Waals surface area contributed by atoms with Crippen LogP contribution in [0.25, 0.3) is 0 Å². The van der Waals surface area contributed by atoms with Crippen LogP contribution >= 0.6 is 0 Å². The molecule has 18 heavy (non-hydrogen) atoms. The van der Waals surface area contributed by atoms with Crippen LogP contribution in [0.4, 0.5) is 4.79 Å². The van der Waals surface area contributed by atoms with Gasteiger partial charge in [0.15, 0.2) is 0 Å². The molecule has 1 amide bonds. The highest BCUT2D eigenvalue weighted by atomic mass is 16.6. The van der Waals surface area contributed by atoms with Crippen LogP contribution in [-0.4, -0.2) is 30.8 Å². The average Bonchev–Trinajstić information content (AvgIpc) is 2.73. The molecule has 1 fully saturated rings. The van der Waals surface area contributed by atoms with Crippen LogP contribution in [0.3, 0.4) is 0 Å². The lowest BCUT2D eigenvalue weighted by Gasteiger charge is -2.19. The molecule has 0 aromatic heterocycles. The van der Waals surface area contributed by atoms with Crippen molar-refractivity contribution in [3.63, 3.8) is 0 Å². The zero-order chi connectivity index (χ0) is 13.4. The Kier molecular flexibility index (Phi) is 6.19. The Balaban J connectivity index is 2.01. The van der Waals surface area contributed by atoms with Crippen molar-refractivity contribution in [2.75, 3.05) is 13.1 Å². The highest BCUT2D eigenvalue weighted by Crippen LogP contribution is 2.17. The van der Waals surface area contributed by atoms with Gasteiger partial charge in [-0.2, -0.15) is 0 Å². The zero-order valence-corrected chi connectivity index (χ0v) is 11.8. The van der Waals surface area contributed by atoms with E-state index in [0.717, 1.165) is 6.54 Å². The lowest BCUT2D eigenvalue weighted by Crippen LogP contribution is -2.32. The summed E-state index contributed by atoms with van der Waals surface area (Å²) in [6.07, 6.45) is 8.93. The van der Waals surface area contributed by atoms with Crippen LogP contribution in [-0.2, 0) is 4.74 Å². The Morgan fingerprint density at radius 3 is 2.44 bits per heavy atom. The number of carbonyl (C=O) groups is 1. The number of hydrogen-bond donors (Lipinski definition) is 2. The molecule has 1 saturated carbocycles. The Bertz CT molecular complexity index is 276. The van der Waals surface area contributed by atoms with Gasteiger partial charge in [0, 0.05) is 19.1 Å². The van der Waals surface area contributed by atoms with Crippen LogP contribution in [0, 0.1) is 0 Å². The van der Waals surface area contributed by atoms with Crippen molar-refractivity contribution < 1.29 is 9.53 Å². The van der Waals surface area contributed by atoms with Gasteiger partial charge in [-0.1, -0.05) is 25.0 Å². The molecule has 0 spiro atoms. The largest absolute Gasteiger partial charge is 0.444 e. The fraction of sp³-hybridized carbons (Fsp3) is 0.786. The standard InChI is InChI=1S/C14H26N2O2/c1-14(2,3)18-13(17)16-11-7-6-10-15-12-8-4-5-9-12/h6-7,12,15H,4-5,8-11H2,1-3H3,(H,16,17)/b7-6+. The molecular weight excluding hydrogens is 228 g/mol. The van der Waals surface area contributed by atoms with E-state index in [0.29, 0.717) is 12.6 Å². The van der Waals surface area contributed by atoms with E-state index in [1.807, 2.05) is 26.8 Å². The minimum Gasteiger partial charge on any atom is -0.444 e. The number of hydrogen-bond acceptors (Lipinski definition) is 3. The topological polar surface area (TPSA) is 50.4 Å². The van der Waals surface area contributed by atoms with Crippen molar-refractivity contribution in [1.82, 2.24) is 10.6 Å². The van der Waals surface area contributed by atoms with Gasteiger partial charge in [0.05, 0.1) is 0 Å². The second kappa shape index (κ2) is 7.41. The van der Waals surface area contributed by atoms with Crippen LogP contribution in [0.2, 0.25) is 0 Å². The monoisotopic (exact) mass is 254 g/mol. The van der Waals surface area contributed by atoms with E-state index in [1.165, 1.54) is 25.7 Å². The molecule has 1 aliphatic carbocycles. The smallest absolute Gasteiger partial charge is 0.407 e. The molecule has 0 aliphatic heterocycles. The van der Waals surface area contributed by atoms with Crippen molar-refractivity contribution in [1.29, 1.82) is 0 Å². The summed E-state index contributed by atoms with van der Waals surface area (Å²) in [5, 5.41) is 6.17. The van der Waals surface area contributed by atoms with Crippen LogP contribution in [0.15, 0.2) is 12.2 Å². The lowest BCUT2D eigenvalue weighted by molar-refractivity contribution is 0.0534. The van der Waals surface area contributed by atoms with Crippen LogP contribution in [0.1, 0.15) is 46.5 Å². The van der Waals surface area contributed by atoms with Crippen molar-refractivity contribution >= 4 is 6.09 Å². The summed E-state index contributed by atoms with van der Waals surface area (Å²) in [5.74, 6) is 0. The first-order valence-electron chi connectivity index (χ1n) is 6.82. The SMILES string of the molecule is CC(C)(C)OC(=O)NC/C=C/CNC1CCCC1. The fourth-order valence-corrected chi connectivity index (χ4v) is 1.99. The third kappa shape index (κ3) is 7.33. The van der Waals surface area contributed by atoms with Crippen LogP contribution < -0.4 is 10.6 Å². The van der Waals surface area contributed by atoms with E-state index in [1.54, 1.807) is 0 Å². The van der Waals surface area contributed by atoms with Crippen molar-refractivity contribution in [3.8, 4) is 0 Å². The molecule has 4 nitrogen and oxygen atoms in total. The first-order chi connectivity index (χ1) is 8.47. The third-order valence-electron chi connectivity index (χ3n) is 2.81. The van der Waals surface area contributed by atoms with E-state index >= 15 is 0 Å². The van der Waals surface area contributed by atoms with Crippen molar-refractivity contribution in [2.45, 2.75) is 58.1 Å². The van der Waals surface area contributed by atoms with Gasteiger partial charge in [0.1, 0.15) is 5.60 Å². The molecule has 2 N–H and O–H groups in total. The summed E-state index contributed by atoms with van der Waals surface area (Å²) < 4.78 is 5.13. The minimum absolute atomic E-state index is 0.365. The summed E-state index contributed by atoms with van der Waals surface area (Å²) in [5.41, 5.74) is -0.433. The lowest BCUT2D eigenvalue weighted by atomic mass is 10.2. The second-order valence-electron chi connectivity index (χ2n) is 5.74. The molecule has 0 aromatic carbocycles. The summed E-state index contributed by atoms with van der Waals surface area (Å²) in [6, 6.07) is 0.688. The molecule has 104 valence electrons. The molecule has 0 radical (unpaired) electrons. The van der Waals surface area contributed by atoms with Gasteiger partial charge in [-0.25, -0.2) is 4.79 Å². The number of amides is 1. The van der Waals surface area contributed by atoms with Gasteiger partial charge in [-0.05, 0) is 33.6 Å². The molecule has 0 heterocycles. The molecule has 0 bridgehead atoms. The maximum atomic E-state index is 11.3. The van der Waals surface area contributed by atoms with Crippen molar-refractivity contribution in [2.24, 2.45) is 0 Å². The van der Waals surface area contributed by atoms with E-state index in [2.05, 4.69) is 16.7 Å². The first kappa shape index (κ1) is 15.0. The molecule has 0 saturated heterocycles. The predicted octanol–water partition coefficient (Wildman–Crippen LogP) is 2.60. The van der Waals surface area contributed by atoms with Crippen molar-refractivity contribution in [3.05, 3.63) is 12.2 Å². The van der Waals surface area contributed by atoms with Gasteiger partial charge in [0.2, 0.25) is 0 Å². The zero-order valence-electron chi connectivity index (χ0n) is 11.8. The predicted molar refractivity (Wildman–Crippen MR) is 73.6 cm³/mol. The van der Waals surface area contributed by atoms with Gasteiger partial charge in [-0.15, -0.1) is 0 Å². The highest BCUT2D eigenvalue weighted by Gasteiger charge is 2.15. The summed E-state index contributed by atoms with van der Waals surface area (Å²) >= 11 is 0. The van der Waals surface area contributed by atoms with Gasteiger partial charge >= 0.3 is 6.09 Å². The average molecular weight is 254 g/mol. The quantitative estimate of drug-likeness (QED) is 0.741. The Hall–Kier alpha value is -1.03. The Labute approximate surface area is 110 Å². The minimum atomic E-state index is -0.433. The Morgan fingerprint density at radius 1 is 1.22 bits per heavy atom. The number of alkyl carbamates (subject to hydrolysis) is 1. The van der Waals surface area contributed by atoms with E-state index < -0.39 is 5.60 Å². The fourth-order valence-electron chi connectivity index (χ4n) is 1.99. The first-order valence-corrected chi connectivity index (χ1v) is 6.82. The summed E-state index contributed by atoms with van der Waals surface area (Å²) in [6.45, 7) is 6.96. The van der Waals surface area contributed by atoms with Gasteiger partial charge in [-0.3, -0.25) is 0 Å². The molecular formula is C14H26N2O2. The molecule has 4 heteroatoms. The summed E-state index contributed by atoms with van der Waals surface area (Å²) in [7, 11) is 0. The van der Waals surface area contributed by atoms with Gasteiger partial charge < -0.3 is 15.4 Å². The highest BCUT2D eigenvalue weighted by molar-refractivity contribution is 5.67. The molecule has 0 unspecified atom stereocenters. The maximum absolute atomic E-state index is 11.3. The number of ether oxygens (including phenoxy) is 1.